The molecule has 0 saturated carbocycles. The van der Waals surface area contributed by atoms with Gasteiger partial charge >= 0.3 is 6.03 Å². The lowest BCUT2D eigenvalue weighted by molar-refractivity contribution is 0.237. The van der Waals surface area contributed by atoms with E-state index >= 15 is 0 Å². The van der Waals surface area contributed by atoms with Gasteiger partial charge in [0, 0.05) is 19.3 Å². The van der Waals surface area contributed by atoms with Crippen LogP contribution in [0.3, 0.4) is 0 Å². The number of aromatic nitrogens is 3. The van der Waals surface area contributed by atoms with Gasteiger partial charge in [-0.05, 0) is 43.9 Å². The quantitative estimate of drug-likeness (QED) is 0.804. The number of urea groups is 1. The zero-order chi connectivity index (χ0) is 16.8. The van der Waals surface area contributed by atoms with Gasteiger partial charge in [-0.3, -0.25) is 4.68 Å². The van der Waals surface area contributed by atoms with E-state index in [9.17, 15) is 9.18 Å². The highest BCUT2D eigenvalue weighted by atomic mass is 19.1. The molecule has 0 radical (unpaired) electrons. The molecule has 2 aromatic rings. The fraction of sp³-hybridized carbons (Fsp3) is 0.438. The van der Waals surface area contributed by atoms with E-state index in [0.29, 0.717) is 24.2 Å². The van der Waals surface area contributed by atoms with E-state index in [1.807, 2.05) is 6.92 Å². The molecule has 1 unspecified atom stereocenters. The topological polar surface area (TPSA) is 71.8 Å². The smallest absolute Gasteiger partial charge is 0.315 e. The molecule has 0 aliphatic rings. The fourth-order valence-corrected chi connectivity index (χ4v) is 2.36. The summed E-state index contributed by atoms with van der Waals surface area (Å²) in [7, 11) is 0. The Balaban J connectivity index is 1.78. The standard InChI is InChI=1S/C16H22FN5O/c1-11-9-14(10-12(2)15(11)17)13(3)20-16(23)18-5-4-7-22-8-6-19-21-22/h6,8-10,13H,4-5,7H2,1-3H3,(H2,18,20,23). The summed E-state index contributed by atoms with van der Waals surface area (Å²) in [6, 6.07) is 3.09. The van der Waals surface area contributed by atoms with Crippen LogP contribution in [0.2, 0.25) is 0 Å². The highest BCUT2D eigenvalue weighted by Gasteiger charge is 2.12. The van der Waals surface area contributed by atoms with E-state index in [4.69, 9.17) is 0 Å². The maximum Gasteiger partial charge on any atom is 0.315 e. The molecule has 0 bridgehead atoms. The normalized spacial score (nSPS) is 12.0. The van der Waals surface area contributed by atoms with Crippen molar-refractivity contribution in [1.82, 2.24) is 25.6 Å². The van der Waals surface area contributed by atoms with Gasteiger partial charge in [-0.2, -0.15) is 0 Å². The molecule has 2 amide bonds. The zero-order valence-corrected chi connectivity index (χ0v) is 13.6. The fourth-order valence-electron chi connectivity index (χ4n) is 2.36. The van der Waals surface area contributed by atoms with Gasteiger partial charge in [0.25, 0.3) is 0 Å². The van der Waals surface area contributed by atoms with Gasteiger partial charge in [0.1, 0.15) is 5.82 Å². The third-order valence-electron chi connectivity index (χ3n) is 3.63. The Kier molecular flexibility index (Phi) is 5.67. The molecule has 0 spiro atoms. The second-order valence-electron chi connectivity index (χ2n) is 5.61. The van der Waals surface area contributed by atoms with E-state index in [1.165, 1.54) is 0 Å². The molecule has 1 aromatic heterocycles. The molecular formula is C16H22FN5O. The predicted molar refractivity (Wildman–Crippen MR) is 85.5 cm³/mol. The number of carbonyl (C=O) groups is 1. The molecule has 2 N–H and O–H groups in total. The lowest BCUT2D eigenvalue weighted by atomic mass is 10.0. The van der Waals surface area contributed by atoms with Crippen molar-refractivity contribution in [3.8, 4) is 0 Å². The molecule has 0 aliphatic carbocycles. The number of benzene rings is 1. The van der Waals surface area contributed by atoms with Crippen molar-refractivity contribution < 1.29 is 9.18 Å². The summed E-state index contributed by atoms with van der Waals surface area (Å²) >= 11 is 0. The van der Waals surface area contributed by atoms with Crippen LogP contribution in [0.25, 0.3) is 0 Å². The predicted octanol–water partition coefficient (Wildman–Crippen LogP) is 2.48. The van der Waals surface area contributed by atoms with Gasteiger partial charge in [0.2, 0.25) is 0 Å². The summed E-state index contributed by atoms with van der Waals surface area (Å²) in [6.45, 7) is 6.57. The van der Waals surface area contributed by atoms with Crippen LogP contribution in [-0.4, -0.2) is 27.6 Å². The Morgan fingerprint density at radius 3 is 2.65 bits per heavy atom. The highest BCUT2D eigenvalue weighted by molar-refractivity contribution is 5.74. The lowest BCUT2D eigenvalue weighted by Crippen LogP contribution is -2.37. The van der Waals surface area contributed by atoms with Gasteiger partial charge in [-0.15, -0.1) is 5.10 Å². The first-order chi connectivity index (χ1) is 11.0. The van der Waals surface area contributed by atoms with Crippen LogP contribution in [0.5, 0.6) is 0 Å². The van der Waals surface area contributed by atoms with E-state index in [0.717, 1.165) is 12.0 Å². The number of hydrogen-bond donors (Lipinski definition) is 2. The maximum absolute atomic E-state index is 13.6. The highest BCUT2D eigenvalue weighted by Crippen LogP contribution is 2.19. The zero-order valence-electron chi connectivity index (χ0n) is 13.6. The average Bonchev–Trinajstić information content (AvgIpc) is 3.02. The Labute approximate surface area is 135 Å². The second-order valence-corrected chi connectivity index (χ2v) is 5.61. The monoisotopic (exact) mass is 319 g/mol. The summed E-state index contributed by atoms with van der Waals surface area (Å²) in [5.41, 5.74) is 2.06. The van der Waals surface area contributed by atoms with Crippen molar-refractivity contribution in [2.75, 3.05) is 6.54 Å². The number of carbonyl (C=O) groups excluding carboxylic acids is 1. The number of nitrogens with one attached hydrogen (secondary N) is 2. The van der Waals surface area contributed by atoms with Crippen LogP contribution in [0.4, 0.5) is 9.18 Å². The summed E-state index contributed by atoms with van der Waals surface area (Å²) < 4.78 is 15.4. The summed E-state index contributed by atoms with van der Waals surface area (Å²) in [5.74, 6) is -0.196. The van der Waals surface area contributed by atoms with Gasteiger partial charge in [0.05, 0.1) is 12.2 Å². The molecule has 6 nitrogen and oxygen atoms in total. The Hall–Kier alpha value is -2.44. The first-order valence-electron chi connectivity index (χ1n) is 7.62. The van der Waals surface area contributed by atoms with E-state index in [2.05, 4.69) is 20.9 Å². The second kappa shape index (κ2) is 7.71. The minimum absolute atomic E-state index is 0.191. The van der Waals surface area contributed by atoms with Crippen LogP contribution in [0.1, 0.15) is 36.1 Å². The molecule has 0 fully saturated rings. The molecule has 7 heteroatoms. The number of aryl methyl sites for hydroxylation is 3. The number of rotatable bonds is 6. The molecule has 1 aromatic carbocycles. The van der Waals surface area contributed by atoms with Gasteiger partial charge < -0.3 is 10.6 Å². The van der Waals surface area contributed by atoms with Crippen molar-refractivity contribution >= 4 is 6.03 Å². The molecule has 124 valence electrons. The van der Waals surface area contributed by atoms with E-state index in [1.54, 1.807) is 43.1 Å². The Bertz CT molecular complexity index is 633. The molecule has 23 heavy (non-hydrogen) atoms. The summed E-state index contributed by atoms with van der Waals surface area (Å²) in [6.07, 6.45) is 4.16. The van der Waals surface area contributed by atoms with Crippen molar-refractivity contribution in [2.24, 2.45) is 0 Å². The number of nitrogens with zero attached hydrogens (tertiary/aromatic N) is 3. The summed E-state index contributed by atoms with van der Waals surface area (Å²) in [5, 5.41) is 13.2. The van der Waals surface area contributed by atoms with Crippen molar-refractivity contribution in [3.05, 3.63) is 47.0 Å². The molecule has 0 aliphatic heterocycles. The molecular weight excluding hydrogens is 297 g/mol. The van der Waals surface area contributed by atoms with Crippen LogP contribution >= 0.6 is 0 Å². The largest absolute Gasteiger partial charge is 0.338 e. The van der Waals surface area contributed by atoms with Crippen molar-refractivity contribution in [2.45, 2.75) is 39.8 Å². The van der Waals surface area contributed by atoms with Crippen molar-refractivity contribution in [1.29, 1.82) is 0 Å². The SMILES string of the molecule is Cc1cc(C(C)NC(=O)NCCCn2ccnn2)cc(C)c1F. The molecule has 1 atom stereocenters. The van der Waals surface area contributed by atoms with Crippen LogP contribution in [0, 0.1) is 19.7 Å². The number of hydrogen-bond acceptors (Lipinski definition) is 3. The third kappa shape index (κ3) is 4.77. The summed E-state index contributed by atoms with van der Waals surface area (Å²) in [4.78, 5) is 11.9. The lowest BCUT2D eigenvalue weighted by Gasteiger charge is -2.17. The Morgan fingerprint density at radius 1 is 1.35 bits per heavy atom. The third-order valence-corrected chi connectivity index (χ3v) is 3.63. The molecule has 2 rings (SSSR count). The Morgan fingerprint density at radius 2 is 2.04 bits per heavy atom. The number of amides is 2. The van der Waals surface area contributed by atoms with Crippen LogP contribution in [-0.2, 0) is 6.54 Å². The number of halogens is 1. The first-order valence-corrected chi connectivity index (χ1v) is 7.62. The first kappa shape index (κ1) is 16.9. The minimum Gasteiger partial charge on any atom is -0.338 e. The van der Waals surface area contributed by atoms with Gasteiger partial charge in [-0.1, -0.05) is 17.3 Å². The van der Waals surface area contributed by atoms with Gasteiger partial charge in [-0.25, -0.2) is 9.18 Å². The maximum atomic E-state index is 13.6. The van der Waals surface area contributed by atoms with Gasteiger partial charge in [0.15, 0.2) is 0 Å². The van der Waals surface area contributed by atoms with E-state index < -0.39 is 0 Å². The molecule has 1 heterocycles. The van der Waals surface area contributed by atoms with Crippen LogP contribution in [0.15, 0.2) is 24.5 Å². The van der Waals surface area contributed by atoms with Crippen LogP contribution < -0.4 is 10.6 Å². The van der Waals surface area contributed by atoms with Crippen molar-refractivity contribution in [3.63, 3.8) is 0 Å². The average molecular weight is 319 g/mol. The van der Waals surface area contributed by atoms with E-state index in [-0.39, 0.29) is 17.9 Å². The minimum atomic E-state index is -0.240. The molecule has 0 saturated heterocycles.